The first-order valence-electron chi connectivity index (χ1n) is 5.80. The predicted octanol–water partition coefficient (Wildman–Crippen LogP) is 1.30. The Morgan fingerprint density at radius 3 is 2.75 bits per heavy atom. The van der Waals surface area contributed by atoms with Gasteiger partial charge in [0.15, 0.2) is 15.7 Å². The summed E-state index contributed by atoms with van der Waals surface area (Å²) in [6.45, 7) is 1.81. The lowest BCUT2D eigenvalue weighted by molar-refractivity contribution is 0.0696. The van der Waals surface area contributed by atoms with E-state index >= 15 is 0 Å². The van der Waals surface area contributed by atoms with Crippen LogP contribution in [0, 0.1) is 0 Å². The van der Waals surface area contributed by atoms with Gasteiger partial charge in [0, 0.05) is 6.42 Å². The quantitative estimate of drug-likeness (QED) is 0.885. The summed E-state index contributed by atoms with van der Waals surface area (Å²) < 4.78 is 29.2. The van der Waals surface area contributed by atoms with Gasteiger partial charge in [-0.3, -0.25) is 0 Å². The van der Waals surface area contributed by atoms with Gasteiger partial charge < -0.3 is 9.63 Å². The Morgan fingerprint density at radius 1 is 1.40 bits per heavy atom. The van der Waals surface area contributed by atoms with E-state index in [4.69, 9.17) is 9.63 Å². The summed E-state index contributed by atoms with van der Waals surface area (Å²) in [5.74, 6) is -1.20. The molecule has 0 unspecified atom stereocenters. The van der Waals surface area contributed by atoms with Crippen LogP contribution in [0.1, 0.15) is 29.0 Å². The number of sulfone groups is 1. The molecule has 0 atom stereocenters. The Labute approximate surface area is 115 Å². The number of aromatic nitrogens is 2. The largest absolute Gasteiger partial charge is 0.478 e. The van der Waals surface area contributed by atoms with Crippen molar-refractivity contribution in [1.29, 1.82) is 0 Å². The van der Waals surface area contributed by atoms with Crippen LogP contribution in [-0.4, -0.2) is 29.6 Å². The fraction of sp³-hybridized carbons (Fsp3) is 0.250. The lowest BCUT2D eigenvalue weighted by atomic mass is 10.2. The van der Waals surface area contributed by atoms with Gasteiger partial charge in [-0.25, -0.2) is 13.2 Å². The number of aryl methyl sites for hydroxylation is 1. The van der Waals surface area contributed by atoms with E-state index in [1.165, 1.54) is 18.2 Å². The molecule has 2 aromatic rings. The highest BCUT2D eigenvalue weighted by Gasteiger charge is 2.20. The summed E-state index contributed by atoms with van der Waals surface area (Å²) >= 11 is 0. The smallest absolute Gasteiger partial charge is 0.335 e. The Morgan fingerprint density at radius 2 is 2.15 bits per heavy atom. The maximum atomic E-state index is 12.2. The van der Waals surface area contributed by atoms with Crippen LogP contribution in [-0.2, 0) is 22.0 Å². The second-order valence-electron chi connectivity index (χ2n) is 4.05. The number of hydrogen-bond donors (Lipinski definition) is 1. The minimum atomic E-state index is -3.71. The monoisotopic (exact) mass is 296 g/mol. The van der Waals surface area contributed by atoms with E-state index in [1.54, 1.807) is 0 Å². The Balaban J connectivity index is 2.30. The molecule has 20 heavy (non-hydrogen) atoms. The van der Waals surface area contributed by atoms with Crippen LogP contribution < -0.4 is 0 Å². The van der Waals surface area contributed by atoms with Crippen LogP contribution in [0.5, 0.6) is 0 Å². The first-order valence-corrected chi connectivity index (χ1v) is 7.45. The highest BCUT2D eigenvalue weighted by atomic mass is 32.2. The van der Waals surface area contributed by atoms with Gasteiger partial charge in [0.25, 0.3) is 0 Å². The SMILES string of the molecule is CCc1nc(CS(=O)(=O)c2cccc(C(=O)O)c2)no1. The van der Waals surface area contributed by atoms with Crippen molar-refractivity contribution >= 4 is 15.8 Å². The number of carboxylic acid groups (broad SMARTS) is 1. The molecule has 0 bridgehead atoms. The van der Waals surface area contributed by atoms with Crippen molar-refractivity contribution < 1.29 is 22.8 Å². The van der Waals surface area contributed by atoms with Crippen LogP contribution in [0.25, 0.3) is 0 Å². The molecule has 0 saturated carbocycles. The Kier molecular flexibility index (Phi) is 3.84. The summed E-state index contributed by atoms with van der Waals surface area (Å²) in [6, 6.07) is 5.15. The van der Waals surface area contributed by atoms with Crippen molar-refractivity contribution in [2.75, 3.05) is 0 Å². The third-order valence-corrected chi connectivity index (χ3v) is 4.18. The fourth-order valence-electron chi connectivity index (χ4n) is 1.57. The maximum absolute atomic E-state index is 12.2. The highest BCUT2D eigenvalue weighted by molar-refractivity contribution is 7.90. The van der Waals surface area contributed by atoms with Crippen molar-refractivity contribution in [3.63, 3.8) is 0 Å². The van der Waals surface area contributed by atoms with Crippen LogP contribution in [0.4, 0.5) is 0 Å². The molecule has 2 rings (SSSR count). The van der Waals surface area contributed by atoms with Gasteiger partial charge in [-0.15, -0.1) is 0 Å². The van der Waals surface area contributed by atoms with Crippen molar-refractivity contribution in [2.45, 2.75) is 24.0 Å². The molecule has 1 aromatic heterocycles. The van der Waals surface area contributed by atoms with Crippen molar-refractivity contribution in [3.8, 4) is 0 Å². The molecule has 0 aliphatic rings. The molecule has 1 N–H and O–H groups in total. The minimum Gasteiger partial charge on any atom is -0.478 e. The van der Waals surface area contributed by atoms with Crippen molar-refractivity contribution in [3.05, 3.63) is 41.5 Å². The van der Waals surface area contributed by atoms with E-state index in [0.29, 0.717) is 12.3 Å². The predicted molar refractivity (Wildman–Crippen MR) is 68.0 cm³/mol. The molecule has 106 valence electrons. The number of benzene rings is 1. The molecule has 0 fully saturated rings. The molecule has 0 radical (unpaired) electrons. The number of nitrogens with zero attached hydrogens (tertiary/aromatic N) is 2. The van der Waals surface area contributed by atoms with Crippen LogP contribution >= 0.6 is 0 Å². The second kappa shape index (κ2) is 5.41. The molecular weight excluding hydrogens is 284 g/mol. The van der Waals surface area contributed by atoms with E-state index in [1.807, 2.05) is 6.92 Å². The maximum Gasteiger partial charge on any atom is 0.335 e. The van der Waals surface area contributed by atoms with Gasteiger partial charge in [-0.1, -0.05) is 18.1 Å². The summed E-state index contributed by atoms with van der Waals surface area (Å²) in [4.78, 5) is 14.7. The molecule has 0 saturated heterocycles. The molecule has 8 heteroatoms. The third-order valence-electron chi connectivity index (χ3n) is 2.57. The van der Waals surface area contributed by atoms with Gasteiger partial charge in [0.1, 0.15) is 5.75 Å². The number of carbonyl (C=O) groups is 1. The van der Waals surface area contributed by atoms with E-state index in [2.05, 4.69) is 10.1 Å². The zero-order valence-electron chi connectivity index (χ0n) is 10.6. The summed E-state index contributed by atoms with van der Waals surface area (Å²) in [7, 11) is -3.71. The van der Waals surface area contributed by atoms with E-state index in [-0.39, 0.29) is 16.3 Å². The van der Waals surface area contributed by atoms with Gasteiger partial charge in [0.2, 0.25) is 5.89 Å². The topological polar surface area (TPSA) is 110 Å². The summed E-state index contributed by atoms with van der Waals surface area (Å²) in [5, 5.41) is 12.4. The van der Waals surface area contributed by atoms with Gasteiger partial charge >= 0.3 is 5.97 Å². The first kappa shape index (κ1) is 14.2. The van der Waals surface area contributed by atoms with Crippen LogP contribution in [0.15, 0.2) is 33.7 Å². The van der Waals surface area contributed by atoms with Crippen molar-refractivity contribution in [2.24, 2.45) is 0 Å². The molecule has 0 aliphatic carbocycles. The number of carboxylic acids is 1. The number of rotatable bonds is 5. The molecule has 1 heterocycles. The molecule has 0 spiro atoms. The van der Waals surface area contributed by atoms with E-state index in [9.17, 15) is 13.2 Å². The van der Waals surface area contributed by atoms with Gasteiger partial charge in [-0.2, -0.15) is 4.98 Å². The minimum absolute atomic E-state index is 0.0579. The number of hydrogen-bond acceptors (Lipinski definition) is 6. The Bertz CT molecular complexity index is 736. The zero-order valence-corrected chi connectivity index (χ0v) is 11.4. The van der Waals surface area contributed by atoms with E-state index in [0.717, 1.165) is 6.07 Å². The lowest BCUT2D eigenvalue weighted by Gasteiger charge is -2.02. The highest BCUT2D eigenvalue weighted by Crippen LogP contribution is 2.16. The zero-order chi connectivity index (χ0) is 14.8. The number of aromatic carboxylic acids is 1. The fourth-order valence-corrected chi connectivity index (χ4v) is 2.78. The van der Waals surface area contributed by atoms with Crippen molar-refractivity contribution in [1.82, 2.24) is 10.1 Å². The normalized spacial score (nSPS) is 11.4. The summed E-state index contributed by atoms with van der Waals surface area (Å²) in [5.41, 5.74) is -0.0894. The first-order chi connectivity index (χ1) is 9.42. The molecule has 1 aromatic carbocycles. The summed E-state index contributed by atoms with van der Waals surface area (Å²) in [6.07, 6.45) is 0.515. The van der Waals surface area contributed by atoms with Gasteiger partial charge in [0.05, 0.1) is 10.5 Å². The average Bonchev–Trinajstić information content (AvgIpc) is 2.86. The van der Waals surface area contributed by atoms with Gasteiger partial charge in [-0.05, 0) is 18.2 Å². The molecule has 7 nitrogen and oxygen atoms in total. The van der Waals surface area contributed by atoms with E-state index < -0.39 is 21.6 Å². The Hall–Kier alpha value is -2.22. The van der Waals surface area contributed by atoms with Crippen LogP contribution in [0.3, 0.4) is 0 Å². The second-order valence-corrected chi connectivity index (χ2v) is 6.04. The molecule has 0 aliphatic heterocycles. The van der Waals surface area contributed by atoms with Crippen LogP contribution in [0.2, 0.25) is 0 Å². The molecule has 0 amide bonds. The lowest BCUT2D eigenvalue weighted by Crippen LogP contribution is -2.08. The standard InChI is InChI=1S/C12H12N2O5S/c1-2-11-13-10(14-19-11)7-20(17,18)9-5-3-4-8(6-9)12(15)16/h3-6H,2,7H2,1H3,(H,15,16). The average molecular weight is 296 g/mol. The molecular formula is C12H12N2O5S. The third kappa shape index (κ3) is 3.02.